The molecule has 0 N–H and O–H groups in total. The van der Waals surface area contributed by atoms with E-state index in [1.54, 1.807) is 0 Å². The van der Waals surface area contributed by atoms with Gasteiger partial charge in [-0.15, -0.1) is 0 Å². The van der Waals surface area contributed by atoms with Crippen LogP contribution in [0.25, 0.3) is 105 Å². The minimum atomic E-state index is 0.942. The lowest BCUT2D eigenvalue weighted by atomic mass is 9.94. The maximum absolute atomic E-state index is 5.47. The van der Waals surface area contributed by atoms with Gasteiger partial charge in [-0.1, -0.05) is 164 Å². The smallest absolute Gasteiger partial charge is 0.0721 e. The zero-order valence-corrected chi connectivity index (χ0v) is 30.0. The second-order valence-electron chi connectivity index (χ2n) is 14.3. The summed E-state index contributed by atoms with van der Waals surface area (Å²) in [6, 6.07) is 74.5. The standard InChI is InChI=1S/C53H34N2/c1-3-13-35(14-4-1)39-19-9-21-41(31-39)43-33-47(42-22-10-20-40(32-42)36-15-5-2-6-16-36)54-48(34-43)45-29-30-49(46-24-8-7-23-44(45)46)55-50-25-11-17-37-27-28-38-18-12-26-51(55)53(38)52(37)50/h1-34H. The van der Waals surface area contributed by atoms with Gasteiger partial charge in [-0.2, -0.15) is 0 Å². The number of rotatable bonds is 6. The second kappa shape index (κ2) is 12.7. The summed E-state index contributed by atoms with van der Waals surface area (Å²) in [5.41, 5.74) is 14.7. The number of fused-ring (bicyclic) bond motifs is 1. The number of aromatic nitrogens is 2. The highest BCUT2D eigenvalue weighted by molar-refractivity contribution is 6.24. The number of pyridine rings is 1. The van der Waals surface area contributed by atoms with Gasteiger partial charge in [0.05, 0.1) is 28.1 Å². The zero-order valence-electron chi connectivity index (χ0n) is 30.0. The molecule has 2 nitrogen and oxygen atoms in total. The zero-order chi connectivity index (χ0) is 36.3. The predicted octanol–water partition coefficient (Wildman–Crippen LogP) is 14.3. The molecule has 0 aliphatic rings. The van der Waals surface area contributed by atoms with Crippen molar-refractivity contribution < 1.29 is 0 Å². The van der Waals surface area contributed by atoms with E-state index in [1.165, 1.54) is 65.6 Å². The van der Waals surface area contributed by atoms with Crippen LogP contribution in [0.4, 0.5) is 0 Å². The Balaban J connectivity index is 1.13. The Bertz CT molecular complexity index is 3020. The molecule has 2 aromatic heterocycles. The van der Waals surface area contributed by atoms with Crippen LogP contribution in [0.2, 0.25) is 0 Å². The van der Waals surface area contributed by atoms with Crippen LogP contribution in [0.15, 0.2) is 206 Å². The monoisotopic (exact) mass is 698 g/mol. The third kappa shape index (κ3) is 5.22. The van der Waals surface area contributed by atoms with Crippen molar-refractivity contribution in [1.82, 2.24) is 9.55 Å². The van der Waals surface area contributed by atoms with Crippen molar-refractivity contribution in [2.24, 2.45) is 0 Å². The molecule has 0 amide bonds. The Kier molecular flexibility index (Phi) is 7.21. The lowest BCUT2D eigenvalue weighted by Crippen LogP contribution is -1.97. The molecule has 0 atom stereocenters. The molecular formula is C53H34N2. The third-order valence-corrected chi connectivity index (χ3v) is 11.1. The van der Waals surface area contributed by atoms with Crippen molar-refractivity contribution in [1.29, 1.82) is 0 Å². The molecule has 0 spiro atoms. The van der Waals surface area contributed by atoms with Gasteiger partial charge in [0.1, 0.15) is 0 Å². The van der Waals surface area contributed by atoms with Crippen molar-refractivity contribution in [3.8, 4) is 61.6 Å². The Morgan fingerprint density at radius 3 is 1.44 bits per heavy atom. The number of nitrogens with zero attached hydrogens (tertiary/aromatic N) is 2. The highest BCUT2D eigenvalue weighted by atomic mass is 15.0. The van der Waals surface area contributed by atoms with Gasteiger partial charge in [0, 0.05) is 27.3 Å². The molecule has 0 fully saturated rings. The number of hydrogen-bond donors (Lipinski definition) is 0. The van der Waals surface area contributed by atoms with Gasteiger partial charge in [0.25, 0.3) is 0 Å². The van der Waals surface area contributed by atoms with E-state index in [-0.39, 0.29) is 0 Å². The molecule has 256 valence electrons. The molecule has 0 radical (unpaired) electrons. The summed E-state index contributed by atoms with van der Waals surface area (Å²) < 4.78 is 2.45. The van der Waals surface area contributed by atoms with Gasteiger partial charge in [0.2, 0.25) is 0 Å². The minimum absolute atomic E-state index is 0.942. The van der Waals surface area contributed by atoms with Crippen molar-refractivity contribution >= 4 is 43.4 Å². The average Bonchev–Trinajstić information content (AvgIpc) is 3.61. The fourth-order valence-electron chi connectivity index (χ4n) is 8.56. The Morgan fingerprint density at radius 2 is 0.800 bits per heavy atom. The van der Waals surface area contributed by atoms with Crippen LogP contribution >= 0.6 is 0 Å². The lowest BCUT2D eigenvalue weighted by molar-refractivity contribution is 1.20. The van der Waals surface area contributed by atoms with Crippen LogP contribution in [0.3, 0.4) is 0 Å². The maximum atomic E-state index is 5.47. The van der Waals surface area contributed by atoms with E-state index in [0.29, 0.717) is 0 Å². The first-order valence-corrected chi connectivity index (χ1v) is 18.9. The molecule has 2 heteroatoms. The summed E-state index contributed by atoms with van der Waals surface area (Å²) in [7, 11) is 0. The normalized spacial score (nSPS) is 11.6. The van der Waals surface area contributed by atoms with Gasteiger partial charge < -0.3 is 4.57 Å². The quantitative estimate of drug-likeness (QED) is 0.158. The Hall–Kier alpha value is -7.29. The molecule has 0 saturated heterocycles. The molecule has 2 heterocycles. The molecule has 11 aromatic rings. The van der Waals surface area contributed by atoms with Crippen molar-refractivity contribution in [3.63, 3.8) is 0 Å². The van der Waals surface area contributed by atoms with Gasteiger partial charge in [0.15, 0.2) is 0 Å². The highest BCUT2D eigenvalue weighted by Gasteiger charge is 2.19. The van der Waals surface area contributed by atoms with Crippen LogP contribution in [0, 0.1) is 0 Å². The van der Waals surface area contributed by atoms with Crippen molar-refractivity contribution in [2.75, 3.05) is 0 Å². The van der Waals surface area contributed by atoms with Gasteiger partial charge in [-0.05, 0) is 92.0 Å². The summed E-state index contributed by atoms with van der Waals surface area (Å²) in [6.45, 7) is 0. The van der Waals surface area contributed by atoms with E-state index >= 15 is 0 Å². The molecule has 0 aliphatic heterocycles. The van der Waals surface area contributed by atoms with Crippen molar-refractivity contribution in [2.45, 2.75) is 0 Å². The average molecular weight is 699 g/mol. The molecule has 55 heavy (non-hydrogen) atoms. The van der Waals surface area contributed by atoms with E-state index in [4.69, 9.17) is 4.98 Å². The summed E-state index contributed by atoms with van der Waals surface area (Å²) in [5, 5.41) is 7.52. The van der Waals surface area contributed by atoms with Gasteiger partial charge in [-0.3, -0.25) is 0 Å². The molecule has 0 unspecified atom stereocenters. The molecule has 11 rings (SSSR count). The molecule has 9 aromatic carbocycles. The predicted molar refractivity (Wildman–Crippen MR) is 232 cm³/mol. The summed E-state index contributed by atoms with van der Waals surface area (Å²) in [5.74, 6) is 0. The van der Waals surface area contributed by atoms with E-state index in [0.717, 1.165) is 39.3 Å². The first-order chi connectivity index (χ1) is 27.3. The Labute approximate surface area is 319 Å². The molecule has 0 aliphatic carbocycles. The molecule has 0 bridgehead atoms. The molecular weight excluding hydrogens is 665 g/mol. The topological polar surface area (TPSA) is 17.8 Å². The number of hydrogen-bond acceptors (Lipinski definition) is 1. The van der Waals surface area contributed by atoms with E-state index in [1.807, 2.05) is 0 Å². The van der Waals surface area contributed by atoms with Crippen LogP contribution in [-0.4, -0.2) is 9.55 Å². The summed E-state index contributed by atoms with van der Waals surface area (Å²) in [6.07, 6.45) is 0. The van der Waals surface area contributed by atoms with E-state index < -0.39 is 0 Å². The maximum Gasteiger partial charge on any atom is 0.0721 e. The first-order valence-electron chi connectivity index (χ1n) is 18.9. The Morgan fingerprint density at radius 1 is 0.309 bits per heavy atom. The fourth-order valence-corrected chi connectivity index (χ4v) is 8.56. The number of benzene rings is 9. The van der Waals surface area contributed by atoms with Gasteiger partial charge in [-0.25, -0.2) is 4.98 Å². The van der Waals surface area contributed by atoms with Crippen molar-refractivity contribution in [3.05, 3.63) is 206 Å². The van der Waals surface area contributed by atoms with E-state index in [2.05, 4.69) is 211 Å². The SMILES string of the molecule is c1ccc(-c2cccc(-c3cc(-c4cccc(-c5ccccc5)c4)nc(-c4ccc(-n5c6cccc7ccc8cccc5c8c76)c5ccccc45)c3)c2)cc1. The second-order valence-corrected chi connectivity index (χ2v) is 14.3. The van der Waals surface area contributed by atoms with Crippen LogP contribution in [-0.2, 0) is 0 Å². The van der Waals surface area contributed by atoms with Crippen LogP contribution in [0.5, 0.6) is 0 Å². The fraction of sp³-hybridized carbons (Fsp3) is 0. The summed E-state index contributed by atoms with van der Waals surface area (Å²) >= 11 is 0. The lowest BCUT2D eigenvalue weighted by Gasteiger charge is -2.16. The van der Waals surface area contributed by atoms with Crippen LogP contribution < -0.4 is 0 Å². The van der Waals surface area contributed by atoms with E-state index in [9.17, 15) is 0 Å². The first kappa shape index (κ1) is 31.3. The minimum Gasteiger partial charge on any atom is -0.309 e. The third-order valence-electron chi connectivity index (χ3n) is 11.1. The molecule has 0 saturated carbocycles. The largest absolute Gasteiger partial charge is 0.309 e. The van der Waals surface area contributed by atoms with Gasteiger partial charge >= 0.3 is 0 Å². The van der Waals surface area contributed by atoms with Crippen LogP contribution in [0.1, 0.15) is 0 Å². The highest BCUT2D eigenvalue weighted by Crippen LogP contribution is 2.42. The summed E-state index contributed by atoms with van der Waals surface area (Å²) in [4.78, 5) is 5.47.